The van der Waals surface area contributed by atoms with E-state index in [1.54, 1.807) is 0 Å². The van der Waals surface area contributed by atoms with Crippen LogP contribution in [0, 0.1) is 12.3 Å². The molecule has 0 saturated heterocycles. The molecule has 112 valence electrons. The number of amides is 1. The fourth-order valence-corrected chi connectivity index (χ4v) is 2.09. The van der Waals surface area contributed by atoms with E-state index in [2.05, 4.69) is 21.7 Å². The van der Waals surface area contributed by atoms with Crippen molar-refractivity contribution in [3.05, 3.63) is 36.0 Å². The number of hydrogen-bond donors (Lipinski definition) is 2. The fourth-order valence-electron chi connectivity index (χ4n) is 2.09. The van der Waals surface area contributed by atoms with Crippen LogP contribution in [0.25, 0.3) is 10.9 Å². The quantitative estimate of drug-likeness (QED) is 0.849. The summed E-state index contributed by atoms with van der Waals surface area (Å²) in [5.41, 5.74) is 2.68. The maximum Gasteiger partial charge on any atom is 0.225 e. The third kappa shape index (κ3) is 3.94. The number of carbonyl (C=O) groups is 1. The first-order valence-electron chi connectivity index (χ1n) is 7.26. The Morgan fingerprint density at radius 1 is 1.19 bits per heavy atom. The number of benzene rings is 1. The van der Waals surface area contributed by atoms with Gasteiger partial charge in [0.1, 0.15) is 0 Å². The lowest BCUT2D eigenvalue weighted by Crippen LogP contribution is -2.37. The predicted octanol–water partition coefficient (Wildman–Crippen LogP) is 3.12. The fraction of sp³-hybridized carbons (Fsp3) is 0.412. The van der Waals surface area contributed by atoms with Gasteiger partial charge in [-0.05, 0) is 19.1 Å². The zero-order valence-corrected chi connectivity index (χ0v) is 13.2. The van der Waals surface area contributed by atoms with Crippen LogP contribution in [0.1, 0.15) is 26.5 Å². The lowest BCUT2D eigenvalue weighted by molar-refractivity contribution is -0.128. The van der Waals surface area contributed by atoms with Gasteiger partial charge in [0.15, 0.2) is 0 Å². The summed E-state index contributed by atoms with van der Waals surface area (Å²) < 4.78 is 0. The number of para-hydroxylation sites is 1. The number of rotatable bonds is 4. The van der Waals surface area contributed by atoms with Gasteiger partial charge in [-0.2, -0.15) is 0 Å². The first-order valence-corrected chi connectivity index (χ1v) is 7.26. The summed E-state index contributed by atoms with van der Waals surface area (Å²) in [5, 5.41) is 7.42. The highest BCUT2D eigenvalue weighted by Gasteiger charge is 2.20. The van der Waals surface area contributed by atoms with Gasteiger partial charge >= 0.3 is 0 Å². The molecule has 0 saturated carbocycles. The van der Waals surface area contributed by atoms with Crippen molar-refractivity contribution in [1.29, 1.82) is 0 Å². The highest BCUT2D eigenvalue weighted by molar-refractivity contribution is 5.91. The molecule has 1 amide bonds. The van der Waals surface area contributed by atoms with Gasteiger partial charge in [0.2, 0.25) is 5.91 Å². The Hall–Kier alpha value is -2.10. The summed E-state index contributed by atoms with van der Waals surface area (Å²) in [4.78, 5) is 16.3. The minimum Gasteiger partial charge on any atom is -0.383 e. The van der Waals surface area contributed by atoms with Crippen molar-refractivity contribution in [2.75, 3.05) is 18.4 Å². The Balaban J connectivity index is 2.00. The van der Waals surface area contributed by atoms with Crippen molar-refractivity contribution in [2.24, 2.45) is 5.41 Å². The molecular formula is C17H23N3O. The zero-order valence-electron chi connectivity index (χ0n) is 13.2. The summed E-state index contributed by atoms with van der Waals surface area (Å²) >= 11 is 0. The van der Waals surface area contributed by atoms with Crippen LogP contribution in [-0.2, 0) is 4.79 Å². The van der Waals surface area contributed by atoms with Crippen LogP contribution in [0.4, 0.5) is 5.69 Å². The van der Waals surface area contributed by atoms with Crippen LogP contribution < -0.4 is 10.6 Å². The molecule has 2 N–H and O–H groups in total. The molecule has 0 aliphatic carbocycles. The number of aromatic nitrogens is 1. The molecule has 0 spiro atoms. The molecule has 0 radical (unpaired) electrons. The molecule has 0 aliphatic rings. The van der Waals surface area contributed by atoms with Crippen molar-refractivity contribution in [3.63, 3.8) is 0 Å². The van der Waals surface area contributed by atoms with Gasteiger partial charge in [-0.1, -0.05) is 39.0 Å². The highest BCUT2D eigenvalue weighted by Crippen LogP contribution is 2.22. The molecule has 0 unspecified atom stereocenters. The van der Waals surface area contributed by atoms with Gasteiger partial charge in [-0.3, -0.25) is 9.78 Å². The van der Waals surface area contributed by atoms with Gasteiger partial charge < -0.3 is 10.6 Å². The van der Waals surface area contributed by atoms with E-state index in [1.165, 1.54) is 0 Å². The lowest BCUT2D eigenvalue weighted by Gasteiger charge is -2.18. The van der Waals surface area contributed by atoms with E-state index in [0.717, 1.165) is 22.3 Å². The Morgan fingerprint density at radius 2 is 1.90 bits per heavy atom. The minimum atomic E-state index is -0.347. The Morgan fingerprint density at radius 3 is 2.62 bits per heavy atom. The van der Waals surface area contributed by atoms with Gasteiger partial charge in [-0.25, -0.2) is 0 Å². The van der Waals surface area contributed by atoms with Crippen molar-refractivity contribution in [1.82, 2.24) is 10.3 Å². The number of pyridine rings is 1. The molecule has 4 heteroatoms. The second-order valence-corrected chi connectivity index (χ2v) is 6.26. The zero-order chi connectivity index (χ0) is 15.5. The molecule has 2 rings (SSSR count). The van der Waals surface area contributed by atoms with Crippen LogP contribution >= 0.6 is 0 Å². The number of anilines is 1. The van der Waals surface area contributed by atoms with Gasteiger partial charge in [0.25, 0.3) is 0 Å². The predicted molar refractivity (Wildman–Crippen MR) is 87.4 cm³/mol. The molecule has 0 aliphatic heterocycles. The van der Waals surface area contributed by atoms with Crippen LogP contribution in [0.3, 0.4) is 0 Å². The van der Waals surface area contributed by atoms with Gasteiger partial charge in [0, 0.05) is 35.3 Å². The summed E-state index contributed by atoms with van der Waals surface area (Å²) in [6.07, 6.45) is 0. The van der Waals surface area contributed by atoms with Crippen molar-refractivity contribution >= 4 is 22.5 Å². The van der Waals surface area contributed by atoms with E-state index in [9.17, 15) is 4.79 Å². The highest BCUT2D eigenvalue weighted by atomic mass is 16.2. The van der Waals surface area contributed by atoms with Crippen molar-refractivity contribution < 1.29 is 4.79 Å². The normalized spacial score (nSPS) is 11.4. The second-order valence-electron chi connectivity index (χ2n) is 6.26. The first-order chi connectivity index (χ1) is 9.88. The number of aryl methyl sites for hydroxylation is 1. The molecule has 1 aromatic carbocycles. The largest absolute Gasteiger partial charge is 0.383 e. The minimum absolute atomic E-state index is 0.0695. The van der Waals surface area contributed by atoms with E-state index in [1.807, 2.05) is 52.0 Å². The van der Waals surface area contributed by atoms with Crippen LogP contribution in [0.2, 0.25) is 0 Å². The third-order valence-electron chi connectivity index (χ3n) is 3.25. The summed E-state index contributed by atoms with van der Waals surface area (Å²) in [6.45, 7) is 9.01. The maximum atomic E-state index is 11.8. The smallest absolute Gasteiger partial charge is 0.225 e. The van der Waals surface area contributed by atoms with Crippen molar-refractivity contribution in [3.8, 4) is 0 Å². The van der Waals surface area contributed by atoms with E-state index < -0.39 is 0 Å². The molecule has 0 fully saturated rings. The van der Waals surface area contributed by atoms with Crippen LogP contribution in [-0.4, -0.2) is 24.0 Å². The van der Waals surface area contributed by atoms with E-state index in [-0.39, 0.29) is 11.3 Å². The number of carbonyl (C=O) groups excluding carboxylic acids is 1. The number of nitrogens with zero attached hydrogens (tertiary/aromatic N) is 1. The SMILES string of the molecule is Cc1cc(NCCNC(=O)C(C)(C)C)c2ccccc2n1. The summed E-state index contributed by atoms with van der Waals surface area (Å²) in [7, 11) is 0. The first kappa shape index (κ1) is 15.3. The molecule has 1 aromatic heterocycles. The Labute approximate surface area is 126 Å². The van der Waals surface area contributed by atoms with Gasteiger partial charge in [-0.15, -0.1) is 0 Å². The summed E-state index contributed by atoms with van der Waals surface area (Å²) in [5.74, 6) is 0.0695. The number of hydrogen-bond acceptors (Lipinski definition) is 3. The van der Waals surface area contributed by atoms with Gasteiger partial charge in [0.05, 0.1) is 5.52 Å². The van der Waals surface area contributed by atoms with E-state index in [4.69, 9.17) is 0 Å². The molecule has 0 atom stereocenters. The molecule has 1 heterocycles. The second kappa shape index (κ2) is 6.12. The molecule has 21 heavy (non-hydrogen) atoms. The maximum absolute atomic E-state index is 11.8. The van der Waals surface area contributed by atoms with Crippen molar-refractivity contribution in [2.45, 2.75) is 27.7 Å². The molecule has 0 bridgehead atoms. The average Bonchev–Trinajstić information content (AvgIpc) is 2.41. The Bertz CT molecular complexity index is 644. The standard InChI is InChI=1S/C17H23N3O/c1-12-11-15(13-7-5-6-8-14(13)20-12)18-9-10-19-16(21)17(2,3)4/h5-8,11H,9-10H2,1-4H3,(H,18,20)(H,19,21). The molecule has 2 aromatic rings. The number of fused-ring (bicyclic) bond motifs is 1. The van der Waals surface area contributed by atoms with Crippen LogP contribution in [0.15, 0.2) is 30.3 Å². The topological polar surface area (TPSA) is 54.0 Å². The monoisotopic (exact) mass is 285 g/mol. The third-order valence-corrected chi connectivity index (χ3v) is 3.25. The summed E-state index contributed by atoms with van der Waals surface area (Å²) in [6, 6.07) is 10.1. The van der Waals surface area contributed by atoms with E-state index in [0.29, 0.717) is 13.1 Å². The number of nitrogens with one attached hydrogen (secondary N) is 2. The molecular weight excluding hydrogens is 262 g/mol. The lowest BCUT2D eigenvalue weighted by atomic mass is 9.96. The van der Waals surface area contributed by atoms with E-state index >= 15 is 0 Å². The average molecular weight is 285 g/mol. The Kier molecular flexibility index (Phi) is 4.46. The van der Waals surface area contributed by atoms with Crippen LogP contribution in [0.5, 0.6) is 0 Å². The molecule has 4 nitrogen and oxygen atoms in total.